The minimum atomic E-state index is -1.43. The zero-order valence-corrected chi connectivity index (χ0v) is 9.07. The van der Waals surface area contributed by atoms with Gasteiger partial charge in [-0.3, -0.25) is 0 Å². The van der Waals surface area contributed by atoms with Crippen molar-refractivity contribution in [3.8, 4) is 0 Å². The molecule has 1 aromatic carbocycles. The van der Waals surface area contributed by atoms with Crippen molar-refractivity contribution < 1.29 is 28.2 Å². The van der Waals surface area contributed by atoms with E-state index in [1.165, 1.54) is 0 Å². The summed E-state index contributed by atoms with van der Waals surface area (Å²) < 4.78 is 31.1. The number of hydrogen-bond acceptors (Lipinski definition) is 4. The van der Waals surface area contributed by atoms with Crippen molar-refractivity contribution in [2.24, 2.45) is 5.73 Å². The average Bonchev–Trinajstić information content (AvgIpc) is 2.26. The summed E-state index contributed by atoms with van der Waals surface area (Å²) in [6.45, 7) is -0.238. The van der Waals surface area contributed by atoms with Gasteiger partial charge in [0, 0.05) is 6.54 Å². The zero-order valence-electron chi connectivity index (χ0n) is 9.07. The van der Waals surface area contributed by atoms with Gasteiger partial charge >= 0.3 is 12.1 Å². The zero-order chi connectivity index (χ0) is 13.7. The van der Waals surface area contributed by atoms with Crippen LogP contribution >= 0.6 is 0 Å². The van der Waals surface area contributed by atoms with Crippen LogP contribution in [-0.2, 0) is 4.74 Å². The Morgan fingerprint density at radius 3 is 2.33 bits per heavy atom. The fraction of sp³-hybridized carbons (Fsp3) is 0.200. The number of hydrogen-bond donors (Lipinski definition) is 3. The quantitative estimate of drug-likeness (QED) is 0.690. The minimum Gasteiger partial charge on any atom is -0.478 e. The second kappa shape index (κ2) is 5.80. The van der Waals surface area contributed by atoms with Crippen LogP contribution in [0.15, 0.2) is 12.1 Å². The number of carboxylic acids is 1. The molecule has 0 atom stereocenters. The van der Waals surface area contributed by atoms with Crippen molar-refractivity contribution in [2.75, 3.05) is 18.5 Å². The molecule has 0 aliphatic heterocycles. The second-order valence-electron chi connectivity index (χ2n) is 3.21. The van der Waals surface area contributed by atoms with Gasteiger partial charge in [-0.15, -0.1) is 0 Å². The van der Waals surface area contributed by atoms with E-state index in [-0.39, 0.29) is 13.2 Å². The number of rotatable bonds is 5. The molecule has 6 nitrogen and oxygen atoms in total. The molecule has 0 aliphatic rings. The van der Waals surface area contributed by atoms with Crippen LogP contribution in [0.5, 0.6) is 0 Å². The third kappa shape index (κ3) is 3.58. The molecule has 0 unspecified atom stereocenters. The van der Waals surface area contributed by atoms with Gasteiger partial charge in [0.25, 0.3) is 0 Å². The molecule has 18 heavy (non-hydrogen) atoms. The molecule has 0 saturated carbocycles. The van der Waals surface area contributed by atoms with E-state index in [1.54, 1.807) is 0 Å². The van der Waals surface area contributed by atoms with Gasteiger partial charge in [0.05, 0.1) is 5.56 Å². The average molecular weight is 260 g/mol. The monoisotopic (exact) mass is 260 g/mol. The molecule has 1 aromatic rings. The fourth-order valence-electron chi connectivity index (χ4n) is 1.19. The smallest absolute Gasteiger partial charge is 0.404 e. The van der Waals surface area contributed by atoms with Gasteiger partial charge in [-0.2, -0.15) is 0 Å². The minimum absolute atomic E-state index is 0.0663. The first kappa shape index (κ1) is 13.7. The largest absolute Gasteiger partial charge is 0.478 e. The third-order valence-electron chi connectivity index (χ3n) is 1.94. The maximum absolute atomic E-state index is 13.4. The number of carbonyl (C=O) groups excluding carboxylic acids is 1. The van der Waals surface area contributed by atoms with Gasteiger partial charge in [-0.05, 0) is 12.1 Å². The van der Waals surface area contributed by atoms with E-state index in [0.717, 1.165) is 0 Å². The summed E-state index contributed by atoms with van der Waals surface area (Å²) in [6, 6.07) is 1.37. The molecule has 98 valence electrons. The van der Waals surface area contributed by atoms with Crippen LogP contribution < -0.4 is 11.1 Å². The lowest BCUT2D eigenvalue weighted by Gasteiger charge is -2.09. The third-order valence-corrected chi connectivity index (χ3v) is 1.94. The lowest BCUT2D eigenvalue weighted by molar-refractivity contribution is 0.0695. The molecular weight excluding hydrogens is 250 g/mol. The highest BCUT2D eigenvalue weighted by Crippen LogP contribution is 2.20. The molecule has 0 radical (unpaired) electrons. The molecule has 4 N–H and O–H groups in total. The normalized spacial score (nSPS) is 9.89. The highest BCUT2D eigenvalue weighted by atomic mass is 19.1. The Balaban J connectivity index is 2.72. The molecule has 0 spiro atoms. The van der Waals surface area contributed by atoms with Crippen LogP contribution in [0.3, 0.4) is 0 Å². The van der Waals surface area contributed by atoms with Gasteiger partial charge in [0.1, 0.15) is 23.9 Å². The summed E-state index contributed by atoms with van der Waals surface area (Å²) in [5.41, 5.74) is 3.69. The van der Waals surface area contributed by atoms with Crippen molar-refractivity contribution in [1.82, 2.24) is 0 Å². The number of nitrogens with two attached hydrogens (primary N) is 1. The van der Waals surface area contributed by atoms with E-state index < -0.39 is 34.9 Å². The van der Waals surface area contributed by atoms with Crippen LogP contribution in [0.25, 0.3) is 0 Å². The van der Waals surface area contributed by atoms with Gasteiger partial charge < -0.3 is 20.9 Å². The Hall–Kier alpha value is -2.38. The Morgan fingerprint density at radius 2 is 1.89 bits per heavy atom. The number of primary amides is 1. The number of benzene rings is 1. The van der Waals surface area contributed by atoms with Crippen molar-refractivity contribution in [3.63, 3.8) is 0 Å². The van der Waals surface area contributed by atoms with Gasteiger partial charge in [0.15, 0.2) is 0 Å². The summed E-state index contributed by atoms with van der Waals surface area (Å²) in [6.07, 6.45) is -1.00. The second-order valence-corrected chi connectivity index (χ2v) is 3.21. The van der Waals surface area contributed by atoms with Crippen molar-refractivity contribution in [3.05, 3.63) is 29.3 Å². The van der Waals surface area contributed by atoms with Gasteiger partial charge in [-0.1, -0.05) is 0 Å². The molecular formula is C10H10F2N2O4. The van der Waals surface area contributed by atoms with Gasteiger partial charge in [-0.25, -0.2) is 18.4 Å². The Bertz CT molecular complexity index is 456. The number of carboxylic acid groups (broad SMARTS) is 1. The predicted molar refractivity (Wildman–Crippen MR) is 57.3 cm³/mol. The topological polar surface area (TPSA) is 102 Å². The summed E-state index contributed by atoms with van der Waals surface area (Å²) in [5, 5.41) is 10.9. The van der Waals surface area contributed by atoms with Gasteiger partial charge in [0.2, 0.25) is 0 Å². The van der Waals surface area contributed by atoms with Crippen molar-refractivity contribution in [2.45, 2.75) is 0 Å². The van der Waals surface area contributed by atoms with Crippen LogP contribution in [-0.4, -0.2) is 30.3 Å². The summed E-state index contributed by atoms with van der Waals surface area (Å²) in [7, 11) is 0. The maximum atomic E-state index is 13.4. The fourth-order valence-corrected chi connectivity index (χ4v) is 1.19. The molecule has 1 rings (SSSR count). The molecule has 0 aliphatic carbocycles. The summed E-state index contributed by atoms with van der Waals surface area (Å²) in [4.78, 5) is 20.7. The molecule has 8 heteroatoms. The molecule has 0 heterocycles. The highest BCUT2D eigenvalue weighted by molar-refractivity contribution is 5.88. The van der Waals surface area contributed by atoms with Crippen molar-refractivity contribution in [1.29, 1.82) is 0 Å². The van der Waals surface area contributed by atoms with E-state index in [4.69, 9.17) is 5.11 Å². The summed E-state index contributed by atoms with van der Waals surface area (Å²) in [5.74, 6) is -3.53. The SMILES string of the molecule is NC(=O)OCCNc1c(F)cc(C(=O)O)cc1F. The van der Waals surface area contributed by atoms with E-state index in [9.17, 15) is 18.4 Å². The molecule has 1 amide bonds. The lowest BCUT2D eigenvalue weighted by Crippen LogP contribution is -2.19. The van der Waals surface area contributed by atoms with Crippen LogP contribution in [0.1, 0.15) is 10.4 Å². The lowest BCUT2D eigenvalue weighted by atomic mass is 10.2. The highest BCUT2D eigenvalue weighted by Gasteiger charge is 2.14. The Kier molecular flexibility index (Phi) is 4.41. The van der Waals surface area contributed by atoms with Crippen LogP contribution in [0, 0.1) is 11.6 Å². The van der Waals surface area contributed by atoms with E-state index >= 15 is 0 Å². The number of nitrogens with one attached hydrogen (secondary N) is 1. The van der Waals surface area contributed by atoms with Crippen molar-refractivity contribution >= 4 is 17.7 Å². The predicted octanol–water partition coefficient (Wildman–Crippen LogP) is 1.17. The van der Waals surface area contributed by atoms with E-state index in [1.807, 2.05) is 0 Å². The van der Waals surface area contributed by atoms with Crippen LogP contribution in [0.4, 0.5) is 19.3 Å². The standard InChI is InChI=1S/C10H10F2N2O4/c11-6-3-5(9(15)16)4-7(12)8(6)14-1-2-18-10(13)17/h3-4,14H,1-2H2,(H2,13,17)(H,15,16). The molecule has 0 bridgehead atoms. The first-order valence-electron chi connectivity index (χ1n) is 4.80. The molecule has 0 aromatic heterocycles. The first-order valence-corrected chi connectivity index (χ1v) is 4.80. The number of ether oxygens (including phenoxy) is 1. The van der Waals surface area contributed by atoms with Crippen LogP contribution in [0.2, 0.25) is 0 Å². The van der Waals surface area contributed by atoms with E-state index in [2.05, 4.69) is 15.8 Å². The number of amides is 1. The molecule has 0 saturated heterocycles. The number of halogens is 2. The first-order chi connectivity index (χ1) is 8.41. The number of anilines is 1. The number of carbonyl (C=O) groups is 2. The maximum Gasteiger partial charge on any atom is 0.404 e. The Morgan fingerprint density at radius 1 is 1.33 bits per heavy atom. The Labute approximate surface area is 100 Å². The molecule has 0 fully saturated rings. The summed E-state index contributed by atoms with van der Waals surface area (Å²) >= 11 is 0. The van der Waals surface area contributed by atoms with E-state index in [0.29, 0.717) is 12.1 Å². The number of aromatic carboxylic acids is 1.